The van der Waals surface area contributed by atoms with Crippen LogP contribution in [0.15, 0.2) is 5.10 Å². The van der Waals surface area contributed by atoms with Crippen LogP contribution in [0, 0.1) is 5.41 Å². The number of hydrazone groups is 1. The van der Waals surface area contributed by atoms with Crippen molar-refractivity contribution >= 4 is 6.21 Å². The fraction of sp³-hybridized carbons (Fsp3) is 0.875. The van der Waals surface area contributed by atoms with Gasteiger partial charge in [-0.1, -0.05) is 20.8 Å². The van der Waals surface area contributed by atoms with Crippen LogP contribution in [0.3, 0.4) is 0 Å². The van der Waals surface area contributed by atoms with E-state index in [1.807, 2.05) is 34.9 Å². The maximum Gasteiger partial charge on any atom is 0.0956 e. The maximum absolute atomic E-state index is 9.46. The zero-order valence-electron chi connectivity index (χ0n) is 8.00. The lowest BCUT2D eigenvalue weighted by Gasteiger charge is -2.22. The van der Waals surface area contributed by atoms with E-state index in [4.69, 9.17) is 0 Å². The van der Waals surface area contributed by atoms with Crippen molar-refractivity contribution < 1.29 is 5.11 Å². The zero-order chi connectivity index (χ0) is 9.07. The molecule has 0 aromatic carbocycles. The van der Waals surface area contributed by atoms with Gasteiger partial charge in [-0.2, -0.15) is 5.10 Å². The zero-order valence-corrected chi connectivity index (χ0v) is 8.00. The molecule has 0 rings (SSSR count). The quantitative estimate of drug-likeness (QED) is 0.479. The van der Waals surface area contributed by atoms with Gasteiger partial charge in [-0.05, 0) is 5.41 Å². The Balaban J connectivity index is 3.97. The Kier molecular flexibility index (Phi) is 3.52. The van der Waals surface area contributed by atoms with Gasteiger partial charge in [-0.3, -0.25) is 0 Å². The average molecular weight is 158 g/mol. The summed E-state index contributed by atoms with van der Waals surface area (Å²) in [5.74, 6) is 0. The number of aliphatic hydroxyl groups excluding tert-OH is 1. The second-order valence-corrected chi connectivity index (χ2v) is 3.92. The molecule has 0 spiro atoms. The normalized spacial score (nSPS) is 15.5. The van der Waals surface area contributed by atoms with E-state index in [2.05, 4.69) is 5.10 Å². The monoisotopic (exact) mass is 158 g/mol. The Labute approximate surface area is 68.7 Å². The van der Waals surface area contributed by atoms with Crippen LogP contribution >= 0.6 is 0 Å². The summed E-state index contributed by atoms with van der Waals surface area (Å²) < 4.78 is 0. The van der Waals surface area contributed by atoms with Gasteiger partial charge in [0.25, 0.3) is 0 Å². The molecule has 11 heavy (non-hydrogen) atoms. The van der Waals surface area contributed by atoms with Crippen molar-refractivity contribution in [2.24, 2.45) is 10.5 Å². The van der Waals surface area contributed by atoms with Crippen LogP contribution in [-0.2, 0) is 0 Å². The second kappa shape index (κ2) is 3.72. The lowest BCUT2D eigenvalue weighted by molar-refractivity contribution is 0.125. The topological polar surface area (TPSA) is 35.8 Å². The molecule has 0 heterocycles. The van der Waals surface area contributed by atoms with E-state index in [1.54, 1.807) is 11.2 Å². The molecule has 0 aliphatic rings. The summed E-state index contributed by atoms with van der Waals surface area (Å²) >= 11 is 0. The number of nitrogens with zero attached hydrogens (tertiary/aromatic N) is 2. The van der Waals surface area contributed by atoms with E-state index in [9.17, 15) is 5.11 Å². The van der Waals surface area contributed by atoms with E-state index >= 15 is 0 Å². The van der Waals surface area contributed by atoms with Crippen molar-refractivity contribution in [3.05, 3.63) is 0 Å². The first-order chi connectivity index (χ1) is 4.84. The van der Waals surface area contributed by atoms with Crippen molar-refractivity contribution in [2.75, 3.05) is 14.1 Å². The van der Waals surface area contributed by atoms with Crippen LogP contribution in [0.1, 0.15) is 20.8 Å². The molecule has 0 radical (unpaired) electrons. The molecule has 0 aliphatic carbocycles. The van der Waals surface area contributed by atoms with Gasteiger partial charge in [0.05, 0.1) is 12.3 Å². The second-order valence-electron chi connectivity index (χ2n) is 3.92. The van der Waals surface area contributed by atoms with Gasteiger partial charge in [0.1, 0.15) is 0 Å². The fourth-order valence-corrected chi connectivity index (χ4v) is 0.420. The Bertz CT molecular complexity index is 136. The minimum atomic E-state index is -0.482. The third-order valence-electron chi connectivity index (χ3n) is 1.33. The van der Waals surface area contributed by atoms with Gasteiger partial charge in [-0.25, -0.2) is 0 Å². The highest BCUT2D eigenvalue weighted by Crippen LogP contribution is 2.17. The first-order valence-electron chi connectivity index (χ1n) is 3.73. The summed E-state index contributed by atoms with van der Waals surface area (Å²) in [5, 5.41) is 15.1. The lowest BCUT2D eigenvalue weighted by atomic mass is 9.90. The van der Waals surface area contributed by atoms with E-state index in [1.165, 1.54) is 0 Å². The Morgan fingerprint density at radius 3 is 2.09 bits per heavy atom. The molecular formula is C8H18N2O. The summed E-state index contributed by atoms with van der Waals surface area (Å²) in [5.41, 5.74) is -0.125. The van der Waals surface area contributed by atoms with Gasteiger partial charge >= 0.3 is 0 Å². The molecule has 0 aliphatic heterocycles. The number of aliphatic hydroxyl groups is 1. The highest BCUT2D eigenvalue weighted by Gasteiger charge is 2.19. The number of hydrogen-bond acceptors (Lipinski definition) is 3. The van der Waals surface area contributed by atoms with Crippen molar-refractivity contribution in [3.8, 4) is 0 Å². The maximum atomic E-state index is 9.46. The average Bonchev–Trinajstić information content (AvgIpc) is 1.80. The SMILES string of the molecule is CN(C)/N=C/C(O)C(C)(C)C. The van der Waals surface area contributed by atoms with Crippen molar-refractivity contribution in [3.63, 3.8) is 0 Å². The van der Waals surface area contributed by atoms with Crippen LogP contribution in [0.25, 0.3) is 0 Å². The molecule has 1 unspecified atom stereocenters. The molecule has 1 atom stereocenters. The van der Waals surface area contributed by atoms with Crippen LogP contribution in [0.2, 0.25) is 0 Å². The lowest BCUT2D eigenvalue weighted by Crippen LogP contribution is -2.28. The molecule has 0 bridgehead atoms. The molecule has 0 fully saturated rings. The predicted octanol–water partition coefficient (Wildman–Crippen LogP) is 0.941. The highest BCUT2D eigenvalue weighted by molar-refractivity contribution is 5.63. The van der Waals surface area contributed by atoms with Gasteiger partial charge in [-0.15, -0.1) is 0 Å². The molecule has 0 saturated heterocycles. The Morgan fingerprint density at radius 1 is 1.36 bits per heavy atom. The molecule has 0 aromatic heterocycles. The van der Waals surface area contributed by atoms with Crippen molar-refractivity contribution in [1.29, 1.82) is 0 Å². The molecule has 0 aromatic rings. The minimum absolute atomic E-state index is 0.125. The summed E-state index contributed by atoms with van der Waals surface area (Å²) in [7, 11) is 3.65. The van der Waals surface area contributed by atoms with Gasteiger partial charge in [0.15, 0.2) is 0 Å². The summed E-state index contributed by atoms with van der Waals surface area (Å²) in [4.78, 5) is 0. The van der Waals surface area contributed by atoms with Crippen molar-refractivity contribution in [1.82, 2.24) is 5.01 Å². The van der Waals surface area contributed by atoms with E-state index in [0.29, 0.717) is 0 Å². The third-order valence-corrected chi connectivity index (χ3v) is 1.33. The number of rotatable bonds is 2. The van der Waals surface area contributed by atoms with Gasteiger partial charge in [0, 0.05) is 14.1 Å². The molecule has 3 heteroatoms. The largest absolute Gasteiger partial charge is 0.387 e. The Hall–Kier alpha value is -0.570. The predicted molar refractivity (Wildman–Crippen MR) is 47.6 cm³/mol. The molecular weight excluding hydrogens is 140 g/mol. The van der Waals surface area contributed by atoms with E-state index in [-0.39, 0.29) is 5.41 Å². The van der Waals surface area contributed by atoms with Crippen LogP contribution < -0.4 is 0 Å². The molecule has 0 amide bonds. The van der Waals surface area contributed by atoms with Crippen molar-refractivity contribution in [2.45, 2.75) is 26.9 Å². The van der Waals surface area contributed by atoms with E-state index in [0.717, 1.165) is 0 Å². The minimum Gasteiger partial charge on any atom is -0.387 e. The standard InChI is InChI=1S/C8H18N2O/c1-8(2,3)7(11)6-9-10(4)5/h6-7,11H,1-5H3/b9-6+. The van der Waals surface area contributed by atoms with Crippen LogP contribution in [0.4, 0.5) is 0 Å². The molecule has 3 nitrogen and oxygen atoms in total. The van der Waals surface area contributed by atoms with Gasteiger partial charge < -0.3 is 10.1 Å². The highest BCUT2D eigenvalue weighted by atomic mass is 16.3. The first kappa shape index (κ1) is 10.4. The summed E-state index contributed by atoms with van der Waals surface area (Å²) in [6, 6.07) is 0. The summed E-state index contributed by atoms with van der Waals surface area (Å²) in [6.45, 7) is 5.91. The van der Waals surface area contributed by atoms with Gasteiger partial charge in [0.2, 0.25) is 0 Å². The van der Waals surface area contributed by atoms with Crippen LogP contribution in [0.5, 0.6) is 0 Å². The van der Waals surface area contributed by atoms with E-state index < -0.39 is 6.10 Å². The first-order valence-corrected chi connectivity index (χ1v) is 3.73. The Morgan fingerprint density at radius 2 is 1.82 bits per heavy atom. The molecule has 1 N–H and O–H groups in total. The number of hydrogen-bond donors (Lipinski definition) is 1. The smallest absolute Gasteiger partial charge is 0.0956 e. The third kappa shape index (κ3) is 4.79. The van der Waals surface area contributed by atoms with Crippen LogP contribution in [-0.4, -0.2) is 36.5 Å². The molecule has 0 saturated carbocycles. The fourth-order valence-electron chi connectivity index (χ4n) is 0.420. The molecule has 66 valence electrons. The summed E-state index contributed by atoms with van der Waals surface area (Å²) in [6.07, 6.45) is 1.07.